The summed E-state index contributed by atoms with van der Waals surface area (Å²) in [6.07, 6.45) is 5.29. The molecular weight excluding hydrogens is 403 g/mol. The van der Waals surface area contributed by atoms with Gasteiger partial charge < -0.3 is 15.5 Å². The standard InChI is InChI=1S/C17H34N4O.HI/c1-6-18-16(19-12-9-14(2)3)20-13-17(10-7-8-11-17)15(22)21(4)5;/h14H,6-13H2,1-5H3,(H2,18,19,20);1H. The highest BCUT2D eigenvalue weighted by atomic mass is 127. The molecule has 0 aliphatic heterocycles. The van der Waals surface area contributed by atoms with Gasteiger partial charge in [0, 0.05) is 27.2 Å². The van der Waals surface area contributed by atoms with Crippen molar-refractivity contribution >= 4 is 35.8 Å². The minimum Gasteiger partial charge on any atom is -0.357 e. The number of nitrogens with one attached hydrogen (secondary N) is 2. The zero-order valence-corrected chi connectivity index (χ0v) is 17.8. The summed E-state index contributed by atoms with van der Waals surface area (Å²) in [5, 5.41) is 6.65. The second kappa shape index (κ2) is 11.1. The normalized spacial score (nSPS) is 16.9. The van der Waals surface area contributed by atoms with Gasteiger partial charge in [0.1, 0.15) is 0 Å². The topological polar surface area (TPSA) is 56.7 Å². The molecule has 0 unspecified atom stereocenters. The van der Waals surface area contributed by atoms with Crippen LogP contribution in [0.5, 0.6) is 0 Å². The monoisotopic (exact) mass is 438 g/mol. The molecule has 1 rings (SSSR count). The Kier molecular flexibility index (Phi) is 10.8. The van der Waals surface area contributed by atoms with Crippen molar-refractivity contribution < 1.29 is 4.79 Å². The van der Waals surface area contributed by atoms with Crippen molar-refractivity contribution in [3.05, 3.63) is 0 Å². The van der Waals surface area contributed by atoms with Crippen LogP contribution in [0.15, 0.2) is 4.99 Å². The molecule has 1 aliphatic carbocycles. The molecule has 5 nitrogen and oxygen atoms in total. The Morgan fingerprint density at radius 1 is 1.22 bits per heavy atom. The molecule has 6 heteroatoms. The summed E-state index contributed by atoms with van der Waals surface area (Å²) in [4.78, 5) is 19.0. The Labute approximate surface area is 159 Å². The quantitative estimate of drug-likeness (QED) is 0.365. The van der Waals surface area contributed by atoms with E-state index in [1.165, 1.54) is 0 Å². The van der Waals surface area contributed by atoms with Gasteiger partial charge in [-0.15, -0.1) is 24.0 Å². The zero-order valence-electron chi connectivity index (χ0n) is 15.4. The lowest BCUT2D eigenvalue weighted by atomic mass is 9.85. The Bertz CT molecular complexity index is 377. The summed E-state index contributed by atoms with van der Waals surface area (Å²) in [6.45, 7) is 8.83. The third-order valence-corrected chi connectivity index (χ3v) is 4.32. The van der Waals surface area contributed by atoms with Crippen LogP contribution in [0.3, 0.4) is 0 Å². The summed E-state index contributed by atoms with van der Waals surface area (Å²) in [6, 6.07) is 0. The number of carbonyl (C=O) groups is 1. The van der Waals surface area contributed by atoms with Gasteiger partial charge in [-0.1, -0.05) is 26.7 Å². The molecule has 0 aromatic heterocycles. The molecule has 0 spiro atoms. The van der Waals surface area contributed by atoms with Crippen molar-refractivity contribution in [3.63, 3.8) is 0 Å². The van der Waals surface area contributed by atoms with Gasteiger partial charge in [0.05, 0.1) is 12.0 Å². The first-order chi connectivity index (χ1) is 10.4. The van der Waals surface area contributed by atoms with E-state index in [9.17, 15) is 4.79 Å². The van der Waals surface area contributed by atoms with E-state index < -0.39 is 0 Å². The molecule has 0 radical (unpaired) electrons. The largest absolute Gasteiger partial charge is 0.357 e. The average molecular weight is 438 g/mol. The van der Waals surface area contributed by atoms with Gasteiger partial charge in [-0.25, -0.2) is 0 Å². The van der Waals surface area contributed by atoms with Crippen molar-refractivity contribution in [2.24, 2.45) is 16.3 Å². The molecule has 2 N–H and O–H groups in total. The average Bonchev–Trinajstić information content (AvgIpc) is 2.93. The van der Waals surface area contributed by atoms with Crippen molar-refractivity contribution in [2.45, 2.75) is 52.9 Å². The molecule has 23 heavy (non-hydrogen) atoms. The molecule has 0 heterocycles. The van der Waals surface area contributed by atoms with Gasteiger partial charge in [-0.3, -0.25) is 9.79 Å². The lowest BCUT2D eigenvalue weighted by molar-refractivity contribution is -0.138. The first-order valence-electron chi connectivity index (χ1n) is 8.65. The van der Waals surface area contributed by atoms with E-state index in [2.05, 4.69) is 31.4 Å². The van der Waals surface area contributed by atoms with Crippen LogP contribution < -0.4 is 10.6 Å². The molecule has 1 aliphatic rings. The van der Waals surface area contributed by atoms with Crippen LogP contribution in [0.2, 0.25) is 0 Å². The summed E-state index contributed by atoms with van der Waals surface area (Å²) in [7, 11) is 3.69. The third kappa shape index (κ3) is 7.27. The Morgan fingerprint density at radius 2 is 1.83 bits per heavy atom. The second-order valence-corrected chi connectivity index (χ2v) is 6.99. The SMILES string of the molecule is CCNC(=NCC1(C(=O)N(C)C)CCCC1)NCCC(C)C.I. The van der Waals surface area contributed by atoms with Crippen LogP contribution in [0.1, 0.15) is 52.9 Å². The Hall–Kier alpha value is -0.530. The molecular formula is C17H35IN4O. The Balaban J connectivity index is 0.00000484. The molecule has 1 amide bonds. The molecule has 0 saturated heterocycles. The highest BCUT2D eigenvalue weighted by Gasteiger charge is 2.41. The summed E-state index contributed by atoms with van der Waals surface area (Å²) in [5.74, 6) is 1.74. The number of halogens is 1. The molecule has 0 atom stereocenters. The van der Waals surface area contributed by atoms with Crippen LogP contribution in [0.25, 0.3) is 0 Å². The van der Waals surface area contributed by atoms with Gasteiger partial charge in [0.2, 0.25) is 5.91 Å². The maximum atomic E-state index is 12.6. The molecule has 0 aromatic carbocycles. The van der Waals surface area contributed by atoms with Crippen molar-refractivity contribution in [3.8, 4) is 0 Å². The van der Waals surface area contributed by atoms with E-state index in [0.717, 1.165) is 51.2 Å². The van der Waals surface area contributed by atoms with Crippen LogP contribution >= 0.6 is 24.0 Å². The fraction of sp³-hybridized carbons (Fsp3) is 0.882. The minimum atomic E-state index is -0.288. The number of nitrogens with zero attached hydrogens (tertiary/aromatic N) is 2. The number of rotatable bonds is 7. The number of amides is 1. The van der Waals surface area contributed by atoms with Gasteiger partial charge >= 0.3 is 0 Å². The fourth-order valence-corrected chi connectivity index (χ4v) is 3.02. The van der Waals surface area contributed by atoms with Crippen molar-refractivity contribution in [1.29, 1.82) is 0 Å². The molecule has 136 valence electrons. The van der Waals surface area contributed by atoms with Crippen LogP contribution in [-0.2, 0) is 4.79 Å². The highest BCUT2D eigenvalue weighted by molar-refractivity contribution is 14.0. The second-order valence-electron chi connectivity index (χ2n) is 6.99. The smallest absolute Gasteiger partial charge is 0.230 e. The molecule has 1 fully saturated rings. The maximum Gasteiger partial charge on any atom is 0.230 e. The molecule has 0 bridgehead atoms. The third-order valence-electron chi connectivity index (χ3n) is 4.32. The first kappa shape index (κ1) is 22.5. The predicted octanol–water partition coefficient (Wildman–Crippen LogP) is 2.85. The number of aliphatic imine (C=N–C) groups is 1. The van der Waals surface area contributed by atoms with E-state index in [0.29, 0.717) is 12.5 Å². The van der Waals surface area contributed by atoms with Gasteiger partial charge in [0.15, 0.2) is 5.96 Å². The van der Waals surface area contributed by atoms with Gasteiger partial charge in [-0.05, 0) is 32.1 Å². The highest BCUT2D eigenvalue weighted by Crippen LogP contribution is 2.39. The van der Waals surface area contributed by atoms with Crippen LogP contribution in [0.4, 0.5) is 0 Å². The lowest BCUT2D eigenvalue weighted by Gasteiger charge is -2.29. The maximum absolute atomic E-state index is 12.6. The lowest BCUT2D eigenvalue weighted by Crippen LogP contribution is -2.43. The van der Waals surface area contributed by atoms with E-state index in [1.54, 1.807) is 4.90 Å². The van der Waals surface area contributed by atoms with Crippen LogP contribution in [0, 0.1) is 11.3 Å². The number of hydrogen-bond acceptors (Lipinski definition) is 2. The first-order valence-corrected chi connectivity index (χ1v) is 8.65. The van der Waals surface area contributed by atoms with E-state index in [-0.39, 0.29) is 35.3 Å². The number of hydrogen-bond donors (Lipinski definition) is 2. The van der Waals surface area contributed by atoms with Crippen molar-refractivity contribution in [1.82, 2.24) is 15.5 Å². The summed E-state index contributed by atoms with van der Waals surface area (Å²) >= 11 is 0. The summed E-state index contributed by atoms with van der Waals surface area (Å²) < 4.78 is 0. The minimum absolute atomic E-state index is 0. The van der Waals surface area contributed by atoms with Gasteiger partial charge in [0.25, 0.3) is 0 Å². The van der Waals surface area contributed by atoms with E-state index in [1.807, 2.05) is 14.1 Å². The van der Waals surface area contributed by atoms with Gasteiger partial charge in [-0.2, -0.15) is 0 Å². The van der Waals surface area contributed by atoms with Crippen molar-refractivity contribution in [2.75, 3.05) is 33.7 Å². The Morgan fingerprint density at radius 3 is 2.30 bits per heavy atom. The van der Waals surface area contributed by atoms with E-state index >= 15 is 0 Å². The summed E-state index contributed by atoms with van der Waals surface area (Å²) in [5.41, 5.74) is -0.288. The van der Waals surface area contributed by atoms with Crippen LogP contribution in [-0.4, -0.2) is 50.5 Å². The molecule has 0 aromatic rings. The fourth-order valence-electron chi connectivity index (χ4n) is 3.02. The number of guanidine groups is 1. The predicted molar refractivity (Wildman–Crippen MR) is 108 cm³/mol. The number of carbonyl (C=O) groups excluding carboxylic acids is 1. The molecule has 1 saturated carbocycles. The zero-order chi connectivity index (χ0) is 16.6. The van der Waals surface area contributed by atoms with E-state index in [4.69, 9.17) is 4.99 Å².